The summed E-state index contributed by atoms with van der Waals surface area (Å²) in [5.74, 6) is -1.27. The molecule has 1 aromatic heterocycles. The average molecular weight is 617 g/mol. The Balaban J connectivity index is 1.34. The van der Waals surface area contributed by atoms with Crippen LogP contribution in [0, 0.1) is 5.92 Å². The van der Waals surface area contributed by atoms with Gasteiger partial charge in [-0.3, -0.25) is 19.3 Å². The van der Waals surface area contributed by atoms with Crippen LogP contribution in [-0.4, -0.2) is 86.2 Å². The number of nitrogens with zero attached hydrogens (tertiary/aromatic N) is 3. The zero-order valence-corrected chi connectivity index (χ0v) is 26.0. The molecule has 3 aliphatic heterocycles. The maximum atomic E-state index is 13.7. The molecule has 42 heavy (non-hydrogen) atoms. The fourth-order valence-electron chi connectivity index (χ4n) is 6.01. The fourth-order valence-corrected chi connectivity index (χ4v) is 8.81. The predicted octanol–water partition coefficient (Wildman–Crippen LogP) is 3.97. The van der Waals surface area contributed by atoms with Gasteiger partial charge < -0.3 is 15.0 Å². The molecule has 3 aliphatic rings. The second-order valence-electron chi connectivity index (χ2n) is 11.1. The molecule has 228 valence electrons. The number of esters is 1. The molecule has 0 saturated carbocycles. The summed E-state index contributed by atoms with van der Waals surface area (Å²) in [6, 6.07) is 5.84. The number of thiophene rings is 1. The van der Waals surface area contributed by atoms with Crippen LogP contribution in [0.3, 0.4) is 0 Å². The van der Waals surface area contributed by atoms with Gasteiger partial charge >= 0.3 is 5.97 Å². The molecule has 2 fully saturated rings. The van der Waals surface area contributed by atoms with Crippen molar-refractivity contribution in [2.45, 2.75) is 63.8 Å². The second-order valence-corrected chi connectivity index (χ2v) is 14.2. The highest BCUT2D eigenvalue weighted by molar-refractivity contribution is 7.89. The van der Waals surface area contributed by atoms with E-state index in [9.17, 15) is 22.8 Å². The van der Waals surface area contributed by atoms with Gasteiger partial charge in [0.2, 0.25) is 10.0 Å². The van der Waals surface area contributed by atoms with E-state index in [1.54, 1.807) is 6.92 Å². The minimum atomic E-state index is -3.84. The maximum absolute atomic E-state index is 13.7. The Kier molecular flexibility index (Phi) is 9.66. The lowest BCUT2D eigenvalue weighted by Gasteiger charge is -2.30. The smallest absolute Gasteiger partial charge is 0.310 e. The van der Waals surface area contributed by atoms with Crippen molar-refractivity contribution < 1.29 is 27.5 Å². The minimum absolute atomic E-state index is 0.0171. The summed E-state index contributed by atoms with van der Waals surface area (Å²) in [5, 5.41) is 3.55. The summed E-state index contributed by atoms with van der Waals surface area (Å²) in [5.41, 5.74) is 1.95. The molecular formula is C30H40N4O6S2. The third-order valence-electron chi connectivity index (χ3n) is 8.43. The van der Waals surface area contributed by atoms with E-state index >= 15 is 0 Å². The number of carbonyl (C=O) groups excluding carboxylic acids is 3. The quantitative estimate of drug-likeness (QED) is 0.446. The van der Waals surface area contributed by atoms with Gasteiger partial charge in [-0.05, 0) is 81.8 Å². The van der Waals surface area contributed by atoms with Crippen molar-refractivity contribution in [1.29, 1.82) is 0 Å². The molecule has 12 heteroatoms. The number of piperidine rings is 2. The lowest BCUT2D eigenvalue weighted by molar-refractivity contribution is -0.149. The van der Waals surface area contributed by atoms with Gasteiger partial charge in [0.1, 0.15) is 5.00 Å². The van der Waals surface area contributed by atoms with Gasteiger partial charge in [-0.15, -0.1) is 11.3 Å². The number of nitrogens with one attached hydrogen (secondary N) is 1. The molecule has 2 amide bonds. The van der Waals surface area contributed by atoms with Gasteiger partial charge in [0.05, 0.1) is 23.0 Å². The summed E-state index contributed by atoms with van der Waals surface area (Å²) in [6.45, 7) is 8.52. The number of hydrogen-bond donors (Lipinski definition) is 1. The van der Waals surface area contributed by atoms with E-state index in [1.807, 2.05) is 4.90 Å². The number of rotatable bonds is 8. The van der Waals surface area contributed by atoms with E-state index in [0.717, 1.165) is 68.8 Å². The van der Waals surface area contributed by atoms with E-state index < -0.39 is 21.8 Å². The number of amides is 2. The number of benzene rings is 1. The minimum Gasteiger partial charge on any atom is -0.466 e. The third-order valence-corrected chi connectivity index (χ3v) is 11.4. The van der Waals surface area contributed by atoms with E-state index in [0.29, 0.717) is 35.5 Å². The normalized spacial score (nSPS) is 20.1. The number of carbonyl (C=O) groups is 3. The predicted molar refractivity (Wildman–Crippen MR) is 161 cm³/mol. The number of fused-ring (bicyclic) bond motifs is 1. The molecule has 2 aromatic rings. The summed E-state index contributed by atoms with van der Waals surface area (Å²) >= 11 is 1.47. The topological polar surface area (TPSA) is 116 Å². The molecule has 10 nitrogen and oxygen atoms in total. The zero-order chi connectivity index (χ0) is 29.9. The molecule has 4 heterocycles. The van der Waals surface area contributed by atoms with Crippen LogP contribution in [0.1, 0.15) is 77.1 Å². The highest BCUT2D eigenvalue weighted by Crippen LogP contribution is 2.38. The first-order valence-corrected chi connectivity index (χ1v) is 17.2. The van der Waals surface area contributed by atoms with Crippen molar-refractivity contribution in [2.75, 3.05) is 51.2 Å². The van der Waals surface area contributed by atoms with Crippen LogP contribution < -0.4 is 5.32 Å². The summed E-state index contributed by atoms with van der Waals surface area (Å²) in [7, 11) is -3.84. The molecular weight excluding hydrogens is 576 g/mol. The molecule has 0 radical (unpaired) electrons. The Labute approximate surface area is 252 Å². The highest BCUT2D eigenvalue weighted by atomic mass is 32.2. The van der Waals surface area contributed by atoms with Gasteiger partial charge in [0.25, 0.3) is 11.8 Å². The molecule has 1 N–H and O–H groups in total. The fraction of sp³-hybridized carbons (Fsp3) is 0.567. The van der Waals surface area contributed by atoms with E-state index in [2.05, 4.69) is 17.1 Å². The lowest BCUT2D eigenvalue weighted by Crippen LogP contribution is -2.42. The second kappa shape index (κ2) is 13.2. The Hall–Kier alpha value is -2.80. The molecule has 0 spiro atoms. The first-order valence-electron chi connectivity index (χ1n) is 15.0. The molecule has 2 saturated heterocycles. The van der Waals surface area contributed by atoms with Crippen molar-refractivity contribution in [1.82, 2.24) is 14.1 Å². The Morgan fingerprint density at radius 1 is 1.00 bits per heavy atom. The van der Waals surface area contributed by atoms with Crippen molar-refractivity contribution in [3.63, 3.8) is 0 Å². The molecule has 1 aromatic carbocycles. The number of hydrogen-bond acceptors (Lipinski definition) is 8. The van der Waals surface area contributed by atoms with Crippen LogP contribution in [0.15, 0.2) is 29.2 Å². The van der Waals surface area contributed by atoms with Crippen LogP contribution in [0.5, 0.6) is 0 Å². The first-order chi connectivity index (χ1) is 20.2. The van der Waals surface area contributed by atoms with Gasteiger partial charge in [-0.2, -0.15) is 4.31 Å². The van der Waals surface area contributed by atoms with Crippen molar-refractivity contribution >= 4 is 44.1 Å². The van der Waals surface area contributed by atoms with E-state index in [1.165, 1.54) is 39.9 Å². The standard InChI is InChI=1S/C30H40N4O6S2/c1-3-32-18-14-24-25(20-32)41-28(26(24)29(36)33-15-6-5-7-16-33)31-27(35)21-10-12-23(13-11-21)42(38,39)34-17-8-9-22(19-34)30(37)40-4-2/h10-13,22H,3-9,14-20H2,1-2H3,(H,31,35). The van der Waals surface area contributed by atoms with Crippen LogP contribution in [0.2, 0.25) is 0 Å². The largest absolute Gasteiger partial charge is 0.466 e. The lowest BCUT2D eigenvalue weighted by atomic mass is 10.0. The summed E-state index contributed by atoms with van der Waals surface area (Å²) in [6.07, 6.45) is 5.02. The number of anilines is 1. The Bertz CT molecular complexity index is 1420. The summed E-state index contributed by atoms with van der Waals surface area (Å²) in [4.78, 5) is 44.7. The van der Waals surface area contributed by atoms with Gasteiger partial charge in [-0.25, -0.2) is 8.42 Å². The van der Waals surface area contributed by atoms with Crippen LogP contribution in [0.4, 0.5) is 5.00 Å². The SMILES string of the molecule is CCOC(=O)C1CCCN(S(=O)(=O)c2ccc(C(=O)Nc3sc4c(c3C(=O)N3CCCCC3)CCN(CC)C4)cc2)C1. The number of likely N-dealkylation sites (N-methyl/N-ethyl adjacent to an activating group) is 1. The van der Waals surface area contributed by atoms with Crippen molar-refractivity contribution in [3.05, 3.63) is 45.8 Å². The third kappa shape index (κ3) is 6.41. The zero-order valence-electron chi connectivity index (χ0n) is 24.4. The first kappa shape index (κ1) is 30.7. The van der Waals surface area contributed by atoms with Crippen LogP contribution in [0.25, 0.3) is 0 Å². The van der Waals surface area contributed by atoms with Gasteiger partial charge in [-0.1, -0.05) is 6.92 Å². The molecule has 0 aliphatic carbocycles. The molecule has 1 unspecified atom stereocenters. The maximum Gasteiger partial charge on any atom is 0.310 e. The van der Waals surface area contributed by atoms with Crippen LogP contribution >= 0.6 is 11.3 Å². The molecule has 1 atom stereocenters. The van der Waals surface area contributed by atoms with Crippen molar-refractivity contribution in [2.24, 2.45) is 5.92 Å². The number of ether oxygens (including phenoxy) is 1. The monoisotopic (exact) mass is 616 g/mol. The Morgan fingerprint density at radius 3 is 2.43 bits per heavy atom. The number of sulfonamides is 1. The summed E-state index contributed by atoms with van der Waals surface area (Å²) < 4.78 is 33.1. The highest BCUT2D eigenvalue weighted by Gasteiger charge is 2.35. The van der Waals surface area contributed by atoms with Crippen molar-refractivity contribution in [3.8, 4) is 0 Å². The van der Waals surface area contributed by atoms with Crippen LogP contribution in [-0.2, 0) is 32.5 Å². The number of likely N-dealkylation sites (tertiary alicyclic amines) is 1. The van der Waals surface area contributed by atoms with E-state index in [4.69, 9.17) is 4.74 Å². The average Bonchev–Trinajstić information content (AvgIpc) is 3.38. The van der Waals surface area contributed by atoms with Gasteiger partial charge in [0.15, 0.2) is 0 Å². The van der Waals surface area contributed by atoms with E-state index in [-0.39, 0.29) is 29.9 Å². The Morgan fingerprint density at radius 2 is 1.74 bits per heavy atom. The van der Waals surface area contributed by atoms with Gasteiger partial charge in [0, 0.05) is 49.7 Å². The molecule has 5 rings (SSSR count). The molecule has 0 bridgehead atoms.